The van der Waals surface area contributed by atoms with Gasteiger partial charge < -0.3 is 24.3 Å². The average Bonchev–Trinajstić information content (AvgIpc) is 3.16. The van der Waals surface area contributed by atoms with E-state index in [4.69, 9.17) is 23.9 Å². The summed E-state index contributed by atoms with van der Waals surface area (Å²) in [5.74, 6) is 0.802. The van der Waals surface area contributed by atoms with Crippen LogP contribution >= 0.6 is 0 Å². The van der Waals surface area contributed by atoms with Crippen LogP contribution in [0.2, 0.25) is 0 Å². The van der Waals surface area contributed by atoms with Gasteiger partial charge in [0.05, 0.1) is 26.5 Å². The molecule has 1 N–H and O–H groups in total. The fraction of sp³-hybridized carbons (Fsp3) is 0.565. The monoisotopic (exact) mass is 470 g/mol. The van der Waals surface area contributed by atoms with Gasteiger partial charge in [0.2, 0.25) is 11.8 Å². The van der Waals surface area contributed by atoms with Gasteiger partial charge in [-0.2, -0.15) is 4.98 Å². The van der Waals surface area contributed by atoms with Gasteiger partial charge in [0.25, 0.3) is 0 Å². The van der Waals surface area contributed by atoms with Gasteiger partial charge in [-0.1, -0.05) is 0 Å². The topological polar surface area (TPSA) is 115 Å². The maximum Gasteiger partial charge on any atom is 0.330 e. The van der Waals surface area contributed by atoms with E-state index < -0.39 is 0 Å². The van der Waals surface area contributed by atoms with Crippen molar-refractivity contribution in [1.29, 1.82) is 0 Å². The minimum absolute atomic E-state index is 0.0169. The van der Waals surface area contributed by atoms with E-state index >= 15 is 0 Å². The summed E-state index contributed by atoms with van der Waals surface area (Å²) in [6.45, 7) is 2.74. The van der Waals surface area contributed by atoms with Gasteiger partial charge in [-0.3, -0.25) is 9.13 Å². The molecule has 0 spiro atoms. The van der Waals surface area contributed by atoms with E-state index in [1.807, 2.05) is 6.07 Å². The Morgan fingerprint density at radius 1 is 1.18 bits per heavy atom. The number of imidazole rings is 1. The molecular weight excluding hydrogens is 440 g/mol. The van der Waals surface area contributed by atoms with E-state index in [2.05, 4.69) is 15.3 Å². The Hall–Kier alpha value is -3.02. The van der Waals surface area contributed by atoms with Gasteiger partial charge in [-0.05, 0) is 44.2 Å². The number of nitrogens with zero attached hydrogens (tertiary/aromatic N) is 5. The van der Waals surface area contributed by atoms with Crippen molar-refractivity contribution >= 4 is 22.8 Å². The molecular formula is C23H30N6O5. The van der Waals surface area contributed by atoms with Crippen LogP contribution in [0.15, 0.2) is 29.3 Å². The Morgan fingerprint density at radius 3 is 2.85 bits per heavy atom. The van der Waals surface area contributed by atoms with Crippen LogP contribution in [-0.4, -0.2) is 63.9 Å². The number of hydrogen-bond acceptors (Lipinski definition) is 9. The predicted molar refractivity (Wildman–Crippen MR) is 124 cm³/mol. The molecule has 34 heavy (non-hydrogen) atoms. The molecule has 0 saturated carbocycles. The van der Waals surface area contributed by atoms with E-state index in [9.17, 15) is 4.79 Å². The quantitative estimate of drug-likeness (QED) is 0.530. The first kappa shape index (κ1) is 22.8. The van der Waals surface area contributed by atoms with Crippen molar-refractivity contribution in [2.75, 3.05) is 38.9 Å². The lowest BCUT2D eigenvalue weighted by molar-refractivity contribution is -0.163. The third kappa shape index (κ3) is 4.77. The molecule has 2 fully saturated rings. The van der Waals surface area contributed by atoms with Crippen LogP contribution in [0.4, 0.5) is 11.6 Å². The summed E-state index contributed by atoms with van der Waals surface area (Å²) in [5, 5.41) is 3.16. The Balaban J connectivity index is 1.45. The minimum Gasteiger partial charge on any atom is -0.480 e. The number of anilines is 2. The van der Waals surface area contributed by atoms with Crippen molar-refractivity contribution < 1.29 is 18.9 Å². The van der Waals surface area contributed by atoms with E-state index in [-0.39, 0.29) is 18.0 Å². The molecule has 3 aromatic heterocycles. The number of ether oxygens (including phenoxy) is 4. The highest BCUT2D eigenvalue weighted by Crippen LogP contribution is 2.26. The maximum atomic E-state index is 13.5. The number of rotatable bonds is 8. The van der Waals surface area contributed by atoms with Crippen molar-refractivity contribution in [1.82, 2.24) is 24.1 Å². The van der Waals surface area contributed by atoms with E-state index in [0.29, 0.717) is 55.0 Å². The smallest absolute Gasteiger partial charge is 0.330 e. The Kier molecular flexibility index (Phi) is 7.02. The summed E-state index contributed by atoms with van der Waals surface area (Å²) in [4.78, 5) is 26.9. The molecule has 5 rings (SSSR count). The molecule has 0 bridgehead atoms. The molecule has 1 atom stereocenters. The zero-order chi connectivity index (χ0) is 23.3. The lowest BCUT2D eigenvalue weighted by atomic mass is 10.1. The van der Waals surface area contributed by atoms with Crippen LogP contribution < -0.4 is 15.7 Å². The number of fused-ring (bicyclic) bond motifs is 1. The summed E-state index contributed by atoms with van der Waals surface area (Å²) in [5.41, 5.74) is 1.80. The van der Waals surface area contributed by atoms with Gasteiger partial charge in [-0.25, -0.2) is 14.8 Å². The second-order valence-corrected chi connectivity index (χ2v) is 8.40. The van der Waals surface area contributed by atoms with Crippen LogP contribution in [0.5, 0.6) is 5.88 Å². The number of pyridine rings is 1. The van der Waals surface area contributed by atoms with Crippen molar-refractivity contribution in [2.45, 2.75) is 51.0 Å². The predicted octanol–water partition coefficient (Wildman–Crippen LogP) is 2.63. The molecule has 0 aliphatic carbocycles. The minimum atomic E-state index is -0.199. The Bertz CT molecular complexity index is 1170. The van der Waals surface area contributed by atoms with Crippen LogP contribution in [-0.2, 0) is 20.8 Å². The van der Waals surface area contributed by atoms with Crippen LogP contribution in [0.25, 0.3) is 11.2 Å². The van der Waals surface area contributed by atoms with Crippen LogP contribution in [0, 0.1) is 0 Å². The summed E-state index contributed by atoms with van der Waals surface area (Å²) in [6, 6.07) is 3.65. The highest BCUT2D eigenvalue weighted by atomic mass is 16.7. The van der Waals surface area contributed by atoms with Crippen molar-refractivity contribution in [3.63, 3.8) is 0 Å². The standard InChI is InChI=1S/C23H30N6O5/c1-31-21-17(5-4-9-24-21)26-22-25-15-18-20(27-22)29(16-7-12-32-13-8-16)23(30)28(18)10-14-34-19-6-2-3-11-33-19/h4-5,9,15-16,19H,2-3,6-8,10-14H2,1H3,(H,25,26,27). The summed E-state index contributed by atoms with van der Waals surface area (Å²) in [6.07, 6.45) is 7.70. The fourth-order valence-electron chi connectivity index (χ4n) is 4.49. The molecule has 2 aliphatic rings. The van der Waals surface area contributed by atoms with E-state index in [0.717, 1.165) is 38.7 Å². The summed E-state index contributed by atoms with van der Waals surface area (Å²) < 4.78 is 25.8. The Morgan fingerprint density at radius 2 is 2.06 bits per heavy atom. The Labute approximate surface area is 197 Å². The molecule has 11 nitrogen and oxygen atoms in total. The zero-order valence-corrected chi connectivity index (χ0v) is 19.3. The maximum absolute atomic E-state index is 13.5. The zero-order valence-electron chi connectivity index (χ0n) is 19.3. The molecule has 5 heterocycles. The van der Waals surface area contributed by atoms with Crippen molar-refractivity contribution in [2.24, 2.45) is 0 Å². The van der Waals surface area contributed by atoms with Gasteiger partial charge >= 0.3 is 5.69 Å². The lowest BCUT2D eigenvalue weighted by Crippen LogP contribution is -2.32. The number of methoxy groups -OCH3 is 1. The molecule has 3 aromatic rings. The van der Waals surface area contributed by atoms with Gasteiger partial charge in [0, 0.05) is 32.1 Å². The molecule has 2 aliphatic heterocycles. The van der Waals surface area contributed by atoms with Gasteiger partial charge in [0.1, 0.15) is 11.2 Å². The summed E-state index contributed by atoms with van der Waals surface area (Å²) in [7, 11) is 1.56. The van der Waals surface area contributed by atoms with Crippen molar-refractivity contribution in [3.8, 4) is 5.88 Å². The lowest BCUT2D eigenvalue weighted by Gasteiger charge is -2.23. The molecule has 0 aromatic carbocycles. The first-order chi connectivity index (χ1) is 16.7. The number of aromatic nitrogens is 5. The molecule has 0 radical (unpaired) electrons. The molecule has 1 unspecified atom stereocenters. The third-order valence-electron chi connectivity index (χ3n) is 6.23. The number of hydrogen-bond donors (Lipinski definition) is 1. The van der Waals surface area contributed by atoms with Crippen molar-refractivity contribution in [3.05, 3.63) is 35.0 Å². The molecule has 11 heteroatoms. The first-order valence-corrected chi connectivity index (χ1v) is 11.8. The fourth-order valence-corrected chi connectivity index (χ4v) is 4.49. The largest absolute Gasteiger partial charge is 0.480 e. The average molecular weight is 471 g/mol. The molecule has 2 saturated heterocycles. The first-order valence-electron chi connectivity index (χ1n) is 11.8. The van der Waals surface area contributed by atoms with Gasteiger partial charge in [0.15, 0.2) is 11.9 Å². The molecule has 0 amide bonds. The van der Waals surface area contributed by atoms with Gasteiger partial charge in [-0.15, -0.1) is 0 Å². The second kappa shape index (κ2) is 10.5. The third-order valence-corrected chi connectivity index (χ3v) is 6.23. The van der Waals surface area contributed by atoms with E-state index in [1.165, 1.54) is 0 Å². The highest BCUT2D eigenvalue weighted by Gasteiger charge is 2.25. The van der Waals surface area contributed by atoms with Crippen LogP contribution in [0.1, 0.15) is 38.1 Å². The van der Waals surface area contributed by atoms with Crippen LogP contribution in [0.3, 0.4) is 0 Å². The molecule has 182 valence electrons. The second-order valence-electron chi connectivity index (χ2n) is 8.40. The SMILES string of the molecule is COc1ncccc1Nc1ncc2c(n1)n(C1CCOCC1)c(=O)n2CCOC1CCCCO1. The highest BCUT2D eigenvalue weighted by molar-refractivity contribution is 5.73. The van der Waals surface area contributed by atoms with E-state index in [1.54, 1.807) is 34.7 Å². The normalized spacial score (nSPS) is 19.4. The summed E-state index contributed by atoms with van der Waals surface area (Å²) >= 11 is 0. The number of nitrogens with one attached hydrogen (secondary N) is 1.